The molecule has 2 bridgehead atoms. The molecule has 0 amide bonds. The second-order valence-electron chi connectivity index (χ2n) is 4.78. The summed E-state index contributed by atoms with van der Waals surface area (Å²) in [6, 6.07) is 0. The number of ketones is 1. The summed E-state index contributed by atoms with van der Waals surface area (Å²) in [4.78, 5) is 12.3. The van der Waals surface area contributed by atoms with Crippen LogP contribution in [-0.4, -0.2) is 15.9 Å². The second-order valence-corrected chi connectivity index (χ2v) is 6.45. The molecule has 0 N–H and O–H groups in total. The zero-order valence-corrected chi connectivity index (χ0v) is 11.1. The number of alkyl halides is 2. The van der Waals surface area contributed by atoms with Crippen LogP contribution in [0.15, 0.2) is 0 Å². The minimum Gasteiger partial charge on any atom is -0.299 e. The summed E-state index contributed by atoms with van der Waals surface area (Å²) >= 11 is 7.24. The van der Waals surface area contributed by atoms with Gasteiger partial charge in [-0.25, -0.2) is 0 Å². The summed E-state index contributed by atoms with van der Waals surface area (Å²) in [5.74, 6) is 1.03. The molecule has 0 unspecified atom stereocenters. The Hall–Kier alpha value is 0.630. The average molecular weight is 310 g/mol. The smallest absolute Gasteiger partial charge is 0.140 e. The molecule has 0 spiro atoms. The van der Waals surface area contributed by atoms with Crippen molar-refractivity contribution >= 4 is 37.6 Å². The maximum absolute atomic E-state index is 11.9. The van der Waals surface area contributed by atoms with E-state index in [2.05, 4.69) is 45.7 Å². The van der Waals surface area contributed by atoms with Crippen molar-refractivity contribution in [1.29, 1.82) is 0 Å². The maximum Gasteiger partial charge on any atom is 0.140 e. The van der Waals surface area contributed by atoms with Gasteiger partial charge in [-0.05, 0) is 17.8 Å². The summed E-state index contributed by atoms with van der Waals surface area (Å²) < 4.78 is 0. The van der Waals surface area contributed by atoms with Crippen molar-refractivity contribution < 1.29 is 4.79 Å². The van der Waals surface area contributed by atoms with Crippen molar-refractivity contribution in [3.8, 4) is 0 Å². The molecule has 0 heterocycles. The minimum atomic E-state index is -0.138. The molecule has 13 heavy (non-hydrogen) atoms. The van der Waals surface area contributed by atoms with Crippen molar-refractivity contribution in [2.75, 3.05) is 5.33 Å². The molecule has 2 saturated carbocycles. The molecular formula is C10H14Br2O. The molecule has 1 nitrogen and oxygen atoms in total. The van der Waals surface area contributed by atoms with Crippen LogP contribution in [0.4, 0.5) is 0 Å². The number of Topliss-reactive ketones (excluding diaryl/α,β-unsaturated/α-hetero) is 1. The Labute approximate surface area is 95.9 Å². The van der Waals surface area contributed by atoms with E-state index in [1.807, 2.05) is 0 Å². The van der Waals surface area contributed by atoms with Crippen molar-refractivity contribution in [2.24, 2.45) is 16.7 Å². The third-order valence-electron chi connectivity index (χ3n) is 4.49. The van der Waals surface area contributed by atoms with Crippen LogP contribution in [-0.2, 0) is 4.79 Å². The van der Waals surface area contributed by atoms with Gasteiger partial charge in [-0.15, -0.1) is 0 Å². The summed E-state index contributed by atoms with van der Waals surface area (Å²) in [5, 5.41) is 0.939. The first-order chi connectivity index (χ1) is 5.96. The summed E-state index contributed by atoms with van der Waals surface area (Å²) in [6.45, 7) is 4.38. The predicted molar refractivity (Wildman–Crippen MR) is 60.5 cm³/mol. The van der Waals surface area contributed by atoms with Crippen LogP contribution in [0.1, 0.15) is 26.7 Å². The van der Waals surface area contributed by atoms with E-state index in [0.29, 0.717) is 16.5 Å². The van der Waals surface area contributed by atoms with E-state index in [1.165, 1.54) is 0 Å². The third-order valence-corrected chi connectivity index (χ3v) is 6.95. The van der Waals surface area contributed by atoms with Crippen LogP contribution < -0.4 is 0 Å². The lowest BCUT2D eigenvalue weighted by atomic mass is 9.70. The van der Waals surface area contributed by atoms with Gasteiger partial charge in [0.2, 0.25) is 0 Å². The third kappa shape index (κ3) is 0.956. The number of hydrogen-bond acceptors (Lipinski definition) is 1. The van der Waals surface area contributed by atoms with Crippen LogP contribution in [0, 0.1) is 16.7 Å². The highest BCUT2D eigenvalue weighted by Crippen LogP contribution is 2.66. The Morgan fingerprint density at radius 3 is 2.46 bits per heavy atom. The Kier molecular flexibility index (Phi) is 2.20. The topological polar surface area (TPSA) is 17.1 Å². The molecule has 0 saturated heterocycles. The normalized spacial score (nSPS) is 54.6. The number of fused-ring (bicyclic) bond motifs is 2. The summed E-state index contributed by atoms with van der Waals surface area (Å²) in [6.07, 6.45) is 1.95. The fourth-order valence-corrected chi connectivity index (χ4v) is 5.28. The van der Waals surface area contributed by atoms with E-state index in [4.69, 9.17) is 0 Å². The highest BCUT2D eigenvalue weighted by atomic mass is 79.9. The van der Waals surface area contributed by atoms with Gasteiger partial charge in [-0.1, -0.05) is 45.7 Å². The molecule has 0 aromatic carbocycles. The van der Waals surface area contributed by atoms with E-state index >= 15 is 0 Å². The zero-order chi connectivity index (χ0) is 9.85. The van der Waals surface area contributed by atoms with Gasteiger partial charge in [0.15, 0.2) is 0 Å². The lowest BCUT2D eigenvalue weighted by Crippen LogP contribution is -2.41. The Bertz CT molecular complexity index is 266. The molecule has 0 radical (unpaired) electrons. The van der Waals surface area contributed by atoms with Crippen molar-refractivity contribution in [1.82, 2.24) is 0 Å². The van der Waals surface area contributed by atoms with E-state index in [-0.39, 0.29) is 10.8 Å². The SMILES string of the molecule is C[C@@]1(CBr)[C@@H]2CC(=O)[C@]1(C)[C@@H](Br)C2. The highest BCUT2D eigenvalue weighted by molar-refractivity contribution is 9.09. The monoisotopic (exact) mass is 308 g/mol. The Morgan fingerprint density at radius 2 is 2.15 bits per heavy atom. The Balaban J connectivity index is 2.49. The first-order valence-corrected chi connectivity index (χ1v) is 6.74. The molecule has 4 atom stereocenters. The minimum absolute atomic E-state index is 0.138. The molecule has 2 rings (SSSR count). The van der Waals surface area contributed by atoms with E-state index in [0.717, 1.165) is 18.2 Å². The molecule has 0 aliphatic heterocycles. The van der Waals surface area contributed by atoms with E-state index in [9.17, 15) is 4.79 Å². The van der Waals surface area contributed by atoms with Gasteiger partial charge in [-0.2, -0.15) is 0 Å². The fourth-order valence-electron chi connectivity index (χ4n) is 3.01. The first kappa shape index (κ1) is 10.2. The van der Waals surface area contributed by atoms with Crippen molar-refractivity contribution in [3.63, 3.8) is 0 Å². The van der Waals surface area contributed by atoms with Crippen molar-refractivity contribution in [2.45, 2.75) is 31.5 Å². The molecule has 2 aliphatic carbocycles. The maximum atomic E-state index is 11.9. The lowest BCUT2D eigenvalue weighted by Gasteiger charge is -2.36. The van der Waals surface area contributed by atoms with Crippen LogP contribution in [0.2, 0.25) is 0 Å². The quantitative estimate of drug-likeness (QED) is 0.680. The fraction of sp³-hybridized carbons (Fsp3) is 0.900. The highest BCUT2D eigenvalue weighted by Gasteiger charge is 2.67. The van der Waals surface area contributed by atoms with Gasteiger partial charge in [-0.3, -0.25) is 4.79 Å². The van der Waals surface area contributed by atoms with Crippen LogP contribution in [0.25, 0.3) is 0 Å². The van der Waals surface area contributed by atoms with Gasteiger partial charge in [0.25, 0.3) is 0 Å². The van der Waals surface area contributed by atoms with Crippen LogP contribution in [0.3, 0.4) is 0 Å². The van der Waals surface area contributed by atoms with Gasteiger partial charge in [0.1, 0.15) is 5.78 Å². The molecule has 3 heteroatoms. The Morgan fingerprint density at radius 1 is 1.54 bits per heavy atom. The number of carbonyl (C=O) groups is 1. The number of hydrogen-bond donors (Lipinski definition) is 0. The number of halogens is 2. The van der Waals surface area contributed by atoms with Crippen LogP contribution >= 0.6 is 31.9 Å². The van der Waals surface area contributed by atoms with Crippen molar-refractivity contribution in [3.05, 3.63) is 0 Å². The lowest BCUT2D eigenvalue weighted by molar-refractivity contribution is -0.127. The predicted octanol–water partition coefficient (Wildman–Crippen LogP) is 3.15. The average Bonchev–Trinajstić information content (AvgIpc) is 2.38. The summed E-state index contributed by atoms with van der Waals surface area (Å²) in [5.41, 5.74) is 0.0272. The van der Waals surface area contributed by atoms with Crippen LogP contribution in [0.5, 0.6) is 0 Å². The standard InChI is InChI=1S/C10H14Br2O/c1-9(5-11)6-3-7(12)10(9,2)8(13)4-6/h6-7H,3-5H2,1-2H3/t6-,7-,9+,10-/m0/s1. The largest absolute Gasteiger partial charge is 0.299 e. The molecule has 74 valence electrons. The van der Waals surface area contributed by atoms with Gasteiger partial charge >= 0.3 is 0 Å². The van der Waals surface area contributed by atoms with Gasteiger partial charge in [0.05, 0.1) is 0 Å². The summed E-state index contributed by atoms with van der Waals surface area (Å²) in [7, 11) is 0. The van der Waals surface area contributed by atoms with E-state index in [1.54, 1.807) is 0 Å². The first-order valence-electron chi connectivity index (χ1n) is 4.70. The molecule has 0 aromatic heterocycles. The molecule has 2 fully saturated rings. The second kappa shape index (κ2) is 2.82. The molecule has 2 aliphatic rings. The molecular weight excluding hydrogens is 296 g/mol. The number of carbonyl (C=O) groups excluding carboxylic acids is 1. The van der Waals surface area contributed by atoms with Gasteiger partial charge < -0.3 is 0 Å². The number of rotatable bonds is 1. The van der Waals surface area contributed by atoms with E-state index < -0.39 is 0 Å². The zero-order valence-electron chi connectivity index (χ0n) is 7.94. The molecule has 0 aromatic rings. The van der Waals surface area contributed by atoms with Gasteiger partial charge in [0, 0.05) is 22.0 Å².